The molecule has 5 heterocycles. The van der Waals surface area contributed by atoms with Crippen LogP contribution in [0.3, 0.4) is 0 Å². The molecule has 2 aliphatic rings. The van der Waals surface area contributed by atoms with E-state index in [1.807, 2.05) is 134 Å². The molecule has 0 saturated heterocycles. The molecule has 10 rings (SSSR count). The SMILES string of the molecule is CN(C)c1cccc(Oc2ccc3c(c2)-c2nc4nc(nc5[nH]c(nc6[nH]c(nc-3n2)c2ccccc62)c2ccccc52)-c2ccccc2-4)c1. The van der Waals surface area contributed by atoms with E-state index >= 15 is 0 Å². The topological polar surface area (TPSA) is 121 Å². The van der Waals surface area contributed by atoms with Gasteiger partial charge in [0.2, 0.25) is 0 Å². The third-order valence-electron chi connectivity index (χ3n) is 9.09. The number of ether oxygens (including phenoxy) is 1. The lowest BCUT2D eigenvalue weighted by atomic mass is 10.1. The number of rotatable bonds is 3. The van der Waals surface area contributed by atoms with E-state index in [9.17, 15) is 0 Å². The van der Waals surface area contributed by atoms with Crippen LogP contribution in [-0.2, 0) is 0 Å². The number of nitrogens with zero attached hydrogens (tertiary/aromatic N) is 7. The summed E-state index contributed by atoms with van der Waals surface area (Å²) in [7, 11) is 4.01. The molecule has 0 spiro atoms. The molecule has 0 aliphatic carbocycles. The Kier molecular flexibility index (Phi) is 6.07. The van der Waals surface area contributed by atoms with Gasteiger partial charge in [0, 0.05) is 69.6 Å². The molecule has 0 fully saturated rings. The number of fused-ring (bicyclic) bond motifs is 20. The molecular weight excluding hydrogens is 623 g/mol. The highest BCUT2D eigenvalue weighted by Gasteiger charge is 2.24. The fourth-order valence-electron chi connectivity index (χ4n) is 6.65. The summed E-state index contributed by atoms with van der Waals surface area (Å²) < 4.78 is 6.37. The van der Waals surface area contributed by atoms with Gasteiger partial charge >= 0.3 is 0 Å². The van der Waals surface area contributed by atoms with Crippen LogP contribution in [-0.4, -0.2) is 54.0 Å². The van der Waals surface area contributed by atoms with Crippen LogP contribution in [0.1, 0.15) is 0 Å². The molecule has 0 radical (unpaired) electrons. The Balaban J connectivity index is 1.28. The number of aromatic nitrogens is 8. The minimum absolute atomic E-state index is 0.488. The van der Waals surface area contributed by atoms with Gasteiger partial charge in [-0.1, -0.05) is 78.9 Å². The molecule has 0 saturated carbocycles. The first-order valence-corrected chi connectivity index (χ1v) is 16.3. The van der Waals surface area contributed by atoms with Crippen LogP contribution in [0.25, 0.3) is 89.7 Å². The maximum absolute atomic E-state index is 6.37. The van der Waals surface area contributed by atoms with E-state index in [-0.39, 0.29) is 0 Å². The Morgan fingerprint density at radius 1 is 0.420 bits per heavy atom. The minimum Gasteiger partial charge on any atom is -0.457 e. The zero-order chi connectivity index (χ0) is 33.3. The Morgan fingerprint density at radius 2 is 0.880 bits per heavy atom. The molecule has 2 aliphatic heterocycles. The summed E-state index contributed by atoms with van der Waals surface area (Å²) in [5.74, 6) is 3.48. The first kappa shape index (κ1) is 28.1. The number of H-pyrrole nitrogens is 2. The predicted molar refractivity (Wildman–Crippen MR) is 197 cm³/mol. The number of hydrogen-bond acceptors (Lipinski definition) is 8. The second-order valence-corrected chi connectivity index (χ2v) is 12.4. The van der Waals surface area contributed by atoms with Crippen LogP contribution >= 0.6 is 0 Å². The monoisotopic (exact) mass is 649 g/mol. The summed E-state index contributed by atoms with van der Waals surface area (Å²) in [6.07, 6.45) is 0. The van der Waals surface area contributed by atoms with Crippen LogP contribution in [0.15, 0.2) is 115 Å². The Bertz CT molecular complexity index is 2850. The normalized spacial score (nSPS) is 11.8. The molecule has 5 aromatic carbocycles. The van der Waals surface area contributed by atoms with Crippen LogP contribution in [0.4, 0.5) is 5.69 Å². The number of hydrogen-bond donors (Lipinski definition) is 2. The molecular formula is C40H27N9O. The summed E-state index contributed by atoms with van der Waals surface area (Å²) in [5.41, 5.74) is 7.12. The first-order chi connectivity index (χ1) is 24.6. The first-order valence-electron chi connectivity index (χ1n) is 16.3. The molecule has 2 N–H and O–H groups in total. The lowest BCUT2D eigenvalue weighted by molar-refractivity contribution is 0.483. The Labute approximate surface area is 285 Å². The minimum atomic E-state index is 0.488. The molecule has 0 unspecified atom stereocenters. The third-order valence-corrected chi connectivity index (χ3v) is 9.09. The third kappa shape index (κ3) is 4.50. The van der Waals surface area contributed by atoms with Crippen molar-refractivity contribution >= 4 is 49.8 Å². The van der Waals surface area contributed by atoms with Crippen LogP contribution in [0, 0.1) is 0 Å². The van der Waals surface area contributed by atoms with Crippen molar-refractivity contribution in [2.24, 2.45) is 0 Å². The number of nitrogens with one attached hydrogen (secondary N) is 2. The van der Waals surface area contributed by atoms with Crippen molar-refractivity contribution in [3.05, 3.63) is 115 Å². The number of benzene rings is 5. The van der Waals surface area contributed by atoms with E-state index in [4.69, 9.17) is 34.6 Å². The van der Waals surface area contributed by atoms with Gasteiger partial charge in [0.05, 0.1) is 0 Å². The second-order valence-electron chi connectivity index (χ2n) is 12.4. The van der Waals surface area contributed by atoms with Crippen molar-refractivity contribution in [1.82, 2.24) is 39.9 Å². The van der Waals surface area contributed by atoms with Crippen molar-refractivity contribution in [2.45, 2.75) is 0 Å². The van der Waals surface area contributed by atoms with Crippen LogP contribution in [0.5, 0.6) is 11.5 Å². The Hall–Kier alpha value is -6.94. The van der Waals surface area contributed by atoms with E-state index in [0.29, 0.717) is 51.6 Å². The highest BCUT2D eigenvalue weighted by Crippen LogP contribution is 2.40. The van der Waals surface area contributed by atoms with Crippen LogP contribution < -0.4 is 9.64 Å². The highest BCUT2D eigenvalue weighted by molar-refractivity contribution is 6.07. The summed E-state index contributed by atoms with van der Waals surface area (Å²) in [5, 5.41) is 3.77. The number of anilines is 1. The van der Waals surface area contributed by atoms with Crippen molar-refractivity contribution in [1.29, 1.82) is 0 Å². The standard InChI is InChI=1S/C40H27N9O/c1-49(2)22-10-9-11-23(20-22)50-24-18-19-31-32(21-24)40-47-38-30-17-8-7-16-29(30)36(45-38)43-34-26-13-4-3-12-25(26)33(41-34)42-35-27-14-5-6-15-28(27)37(44-35)46-39(31)48-40/h3-21H,1-2H3,(H2,41,42,43,44,45,46,47,48). The average Bonchev–Trinajstić information content (AvgIpc) is 3.87. The highest BCUT2D eigenvalue weighted by atomic mass is 16.5. The van der Waals surface area contributed by atoms with Crippen molar-refractivity contribution in [2.75, 3.05) is 19.0 Å². The average molecular weight is 650 g/mol. The van der Waals surface area contributed by atoms with Crippen molar-refractivity contribution in [3.63, 3.8) is 0 Å². The molecule has 0 atom stereocenters. The maximum atomic E-state index is 6.37. The zero-order valence-electron chi connectivity index (χ0n) is 27.0. The van der Waals surface area contributed by atoms with Gasteiger partial charge in [0.25, 0.3) is 0 Å². The van der Waals surface area contributed by atoms with Gasteiger partial charge in [0.15, 0.2) is 23.3 Å². The summed E-state index contributed by atoms with van der Waals surface area (Å²) >= 11 is 0. The van der Waals surface area contributed by atoms with Gasteiger partial charge in [-0.05, 0) is 30.3 Å². The van der Waals surface area contributed by atoms with E-state index < -0.39 is 0 Å². The van der Waals surface area contributed by atoms with Crippen molar-refractivity contribution in [3.8, 4) is 57.1 Å². The largest absolute Gasteiger partial charge is 0.457 e. The molecule has 3 aromatic heterocycles. The van der Waals surface area contributed by atoms with Gasteiger partial charge < -0.3 is 19.6 Å². The lowest BCUT2D eigenvalue weighted by Gasteiger charge is -2.14. The summed E-state index contributed by atoms with van der Waals surface area (Å²) in [6.45, 7) is 0. The predicted octanol–water partition coefficient (Wildman–Crippen LogP) is 8.73. The van der Waals surface area contributed by atoms with E-state index in [1.54, 1.807) is 0 Å². The summed E-state index contributed by atoms with van der Waals surface area (Å²) in [4.78, 5) is 39.4. The van der Waals surface area contributed by atoms with Crippen molar-refractivity contribution < 1.29 is 4.74 Å². The number of aromatic amines is 2. The molecule has 10 heteroatoms. The second kappa shape index (κ2) is 10.8. The zero-order valence-corrected chi connectivity index (χ0v) is 27.0. The molecule has 8 aromatic rings. The van der Waals surface area contributed by atoms with Crippen LogP contribution in [0.2, 0.25) is 0 Å². The fourth-order valence-corrected chi connectivity index (χ4v) is 6.65. The van der Waals surface area contributed by atoms with E-state index in [2.05, 4.69) is 9.97 Å². The summed E-state index contributed by atoms with van der Waals surface area (Å²) in [6, 6.07) is 38.0. The van der Waals surface area contributed by atoms with Gasteiger partial charge in [-0.25, -0.2) is 29.9 Å². The Morgan fingerprint density at radius 3 is 1.44 bits per heavy atom. The van der Waals surface area contributed by atoms with E-state index in [0.717, 1.165) is 55.2 Å². The van der Waals surface area contributed by atoms with Gasteiger partial charge in [-0.15, -0.1) is 0 Å². The smallest absolute Gasteiger partial charge is 0.164 e. The molecule has 238 valence electrons. The van der Waals surface area contributed by atoms with E-state index in [1.165, 1.54) is 0 Å². The molecule has 10 nitrogen and oxygen atoms in total. The molecule has 0 amide bonds. The fraction of sp³-hybridized carbons (Fsp3) is 0.0500. The van der Waals surface area contributed by atoms with Gasteiger partial charge in [-0.3, -0.25) is 0 Å². The molecule has 8 bridgehead atoms. The quantitative estimate of drug-likeness (QED) is 0.195. The van der Waals surface area contributed by atoms with Gasteiger partial charge in [-0.2, -0.15) is 0 Å². The lowest BCUT2D eigenvalue weighted by Crippen LogP contribution is -2.08. The van der Waals surface area contributed by atoms with Gasteiger partial charge in [0.1, 0.15) is 34.1 Å². The molecule has 50 heavy (non-hydrogen) atoms. The maximum Gasteiger partial charge on any atom is 0.164 e.